The van der Waals surface area contributed by atoms with E-state index in [0.717, 1.165) is 5.56 Å². The minimum atomic E-state index is -0.207. The van der Waals surface area contributed by atoms with Crippen molar-refractivity contribution in [1.82, 2.24) is 0 Å². The molecule has 0 bridgehead atoms. The Labute approximate surface area is 133 Å². The molecule has 0 N–H and O–H groups in total. The van der Waals surface area contributed by atoms with Crippen molar-refractivity contribution in [2.45, 2.75) is 6.92 Å². The van der Waals surface area contributed by atoms with Crippen LogP contribution < -0.4 is 9.47 Å². The first-order valence-electron chi connectivity index (χ1n) is 6.20. The maximum absolute atomic E-state index is 12.7. The lowest BCUT2D eigenvalue weighted by molar-refractivity contribution is 0.103. The number of hydrogen-bond donors (Lipinski definition) is 0. The molecule has 21 heavy (non-hydrogen) atoms. The number of ether oxygens (including phenoxy) is 2. The van der Waals surface area contributed by atoms with E-state index in [9.17, 15) is 4.79 Å². The Kier molecular flexibility index (Phi) is 4.76. The predicted molar refractivity (Wildman–Crippen MR) is 84.2 cm³/mol. The van der Waals surface area contributed by atoms with E-state index in [1.54, 1.807) is 30.3 Å². The molecule has 0 atom stereocenters. The summed E-state index contributed by atoms with van der Waals surface area (Å²) in [5, 5.41) is 0.803. The fourth-order valence-corrected chi connectivity index (χ4v) is 2.42. The van der Waals surface area contributed by atoms with E-state index in [4.69, 9.17) is 32.7 Å². The van der Waals surface area contributed by atoms with Crippen LogP contribution in [0.25, 0.3) is 0 Å². The number of halogens is 2. The molecule has 0 amide bonds. The van der Waals surface area contributed by atoms with Gasteiger partial charge in [0.2, 0.25) is 0 Å². The highest BCUT2D eigenvalue weighted by molar-refractivity contribution is 6.35. The Morgan fingerprint density at radius 2 is 1.57 bits per heavy atom. The summed E-state index contributed by atoms with van der Waals surface area (Å²) < 4.78 is 10.4. The van der Waals surface area contributed by atoms with E-state index in [2.05, 4.69) is 0 Å². The summed E-state index contributed by atoms with van der Waals surface area (Å²) in [6.07, 6.45) is 0. The Morgan fingerprint density at radius 3 is 2.19 bits per heavy atom. The van der Waals surface area contributed by atoms with E-state index in [0.29, 0.717) is 32.7 Å². The zero-order valence-electron chi connectivity index (χ0n) is 11.9. The van der Waals surface area contributed by atoms with Gasteiger partial charge in [-0.05, 0) is 30.7 Å². The number of carbonyl (C=O) groups excluding carboxylic acids is 1. The third-order valence-electron chi connectivity index (χ3n) is 3.16. The molecule has 110 valence electrons. The SMILES string of the molecule is COc1cc(Cl)c(C(=O)c2cc(Cl)ccc2C)cc1OC. The van der Waals surface area contributed by atoms with Crippen molar-refractivity contribution in [2.75, 3.05) is 14.2 Å². The first-order valence-corrected chi connectivity index (χ1v) is 6.96. The molecule has 0 saturated heterocycles. The van der Waals surface area contributed by atoms with Crippen LogP contribution in [0.4, 0.5) is 0 Å². The Balaban J connectivity index is 2.55. The van der Waals surface area contributed by atoms with E-state index in [-0.39, 0.29) is 5.78 Å². The second-order valence-corrected chi connectivity index (χ2v) is 5.32. The fourth-order valence-electron chi connectivity index (χ4n) is 2.01. The van der Waals surface area contributed by atoms with Crippen molar-refractivity contribution in [2.24, 2.45) is 0 Å². The molecule has 0 saturated carbocycles. The van der Waals surface area contributed by atoms with Crippen LogP contribution in [0.3, 0.4) is 0 Å². The van der Waals surface area contributed by atoms with Gasteiger partial charge in [0.15, 0.2) is 17.3 Å². The average molecular weight is 325 g/mol. The normalized spacial score (nSPS) is 10.3. The van der Waals surface area contributed by atoms with E-state index < -0.39 is 0 Å². The van der Waals surface area contributed by atoms with Crippen molar-refractivity contribution in [3.8, 4) is 11.5 Å². The molecule has 2 aromatic rings. The van der Waals surface area contributed by atoms with Crippen LogP contribution in [0.2, 0.25) is 10.0 Å². The Bertz CT molecular complexity index is 696. The van der Waals surface area contributed by atoms with Crippen LogP contribution in [0, 0.1) is 6.92 Å². The van der Waals surface area contributed by atoms with Gasteiger partial charge in [-0.15, -0.1) is 0 Å². The molecule has 0 aromatic heterocycles. The average Bonchev–Trinajstić information content (AvgIpc) is 2.48. The van der Waals surface area contributed by atoms with Crippen molar-refractivity contribution in [3.05, 3.63) is 57.1 Å². The number of ketones is 1. The van der Waals surface area contributed by atoms with Crippen LogP contribution in [-0.4, -0.2) is 20.0 Å². The maximum atomic E-state index is 12.7. The number of methoxy groups -OCH3 is 2. The number of aryl methyl sites for hydroxylation is 1. The molecule has 3 nitrogen and oxygen atoms in total. The van der Waals surface area contributed by atoms with Gasteiger partial charge in [0.1, 0.15) is 0 Å². The fraction of sp³-hybridized carbons (Fsp3) is 0.188. The standard InChI is InChI=1S/C16H14Cl2O3/c1-9-4-5-10(17)6-11(9)16(19)12-7-14(20-2)15(21-3)8-13(12)18/h4-8H,1-3H3. The zero-order chi connectivity index (χ0) is 15.6. The minimum absolute atomic E-state index is 0.207. The van der Waals surface area contributed by atoms with Gasteiger partial charge < -0.3 is 9.47 Å². The third-order valence-corrected chi connectivity index (χ3v) is 3.71. The zero-order valence-corrected chi connectivity index (χ0v) is 13.4. The second kappa shape index (κ2) is 6.37. The Morgan fingerprint density at radius 1 is 0.952 bits per heavy atom. The molecule has 0 radical (unpaired) electrons. The lowest BCUT2D eigenvalue weighted by Crippen LogP contribution is -2.05. The lowest BCUT2D eigenvalue weighted by Gasteiger charge is -2.12. The molecule has 0 aliphatic rings. The highest BCUT2D eigenvalue weighted by Gasteiger charge is 2.19. The summed E-state index contributed by atoms with van der Waals surface area (Å²) in [5.74, 6) is 0.716. The maximum Gasteiger partial charge on any atom is 0.194 e. The largest absolute Gasteiger partial charge is 0.493 e. The number of rotatable bonds is 4. The van der Waals surface area contributed by atoms with E-state index in [1.165, 1.54) is 14.2 Å². The molecule has 5 heteroatoms. The number of carbonyl (C=O) groups is 1. The Hall–Kier alpha value is -1.71. The van der Waals surface area contributed by atoms with Crippen LogP contribution in [0.5, 0.6) is 11.5 Å². The van der Waals surface area contributed by atoms with Crippen LogP contribution in [0.1, 0.15) is 21.5 Å². The van der Waals surface area contributed by atoms with Gasteiger partial charge in [-0.2, -0.15) is 0 Å². The summed E-state index contributed by atoms with van der Waals surface area (Å²) in [5.41, 5.74) is 1.69. The summed E-state index contributed by atoms with van der Waals surface area (Å²) >= 11 is 12.1. The summed E-state index contributed by atoms with van der Waals surface area (Å²) in [6, 6.07) is 8.30. The smallest absolute Gasteiger partial charge is 0.194 e. The van der Waals surface area contributed by atoms with Gasteiger partial charge in [0.25, 0.3) is 0 Å². The molecule has 0 heterocycles. The van der Waals surface area contributed by atoms with Gasteiger partial charge in [-0.3, -0.25) is 4.79 Å². The predicted octanol–water partition coefficient (Wildman–Crippen LogP) is 4.55. The third kappa shape index (κ3) is 3.14. The molecule has 2 aromatic carbocycles. The first kappa shape index (κ1) is 15.7. The second-order valence-electron chi connectivity index (χ2n) is 4.48. The molecule has 0 aliphatic heterocycles. The summed E-state index contributed by atoms with van der Waals surface area (Å²) in [4.78, 5) is 12.7. The van der Waals surface area contributed by atoms with Crippen LogP contribution in [-0.2, 0) is 0 Å². The number of benzene rings is 2. The van der Waals surface area contributed by atoms with Gasteiger partial charge in [-0.25, -0.2) is 0 Å². The summed E-state index contributed by atoms with van der Waals surface area (Å²) in [7, 11) is 3.02. The lowest BCUT2D eigenvalue weighted by atomic mass is 9.99. The molecular formula is C16H14Cl2O3. The molecule has 0 spiro atoms. The highest BCUT2D eigenvalue weighted by Crippen LogP contribution is 2.34. The molecule has 0 fully saturated rings. The molecule has 0 aliphatic carbocycles. The van der Waals surface area contributed by atoms with Crippen LogP contribution in [0.15, 0.2) is 30.3 Å². The minimum Gasteiger partial charge on any atom is -0.493 e. The molecule has 0 unspecified atom stereocenters. The van der Waals surface area contributed by atoms with Gasteiger partial charge in [0, 0.05) is 22.2 Å². The van der Waals surface area contributed by atoms with E-state index >= 15 is 0 Å². The molecule has 2 rings (SSSR count). The van der Waals surface area contributed by atoms with Gasteiger partial charge >= 0.3 is 0 Å². The first-order chi connectivity index (χ1) is 9.97. The van der Waals surface area contributed by atoms with Gasteiger partial charge in [-0.1, -0.05) is 29.3 Å². The van der Waals surface area contributed by atoms with Crippen LogP contribution >= 0.6 is 23.2 Å². The van der Waals surface area contributed by atoms with E-state index in [1.807, 2.05) is 6.92 Å². The monoisotopic (exact) mass is 324 g/mol. The summed E-state index contributed by atoms with van der Waals surface area (Å²) in [6.45, 7) is 1.85. The number of hydrogen-bond acceptors (Lipinski definition) is 3. The van der Waals surface area contributed by atoms with Gasteiger partial charge in [0.05, 0.1) is 19.2 Å². The quantitative estimate of drug-likeness (QED) is 0.774. The highest BCUT2D eigenvalue weighted by atomic mass is 35.5. The molecular weight excluding hydrogens is 311 g/mol. The van der Waals surface area contributed by atoms with Crippen molar-refractivity contribution >= 4 is 29.0 Å². The van der Waals surface area contributed by atoms with Crippen molar-refractivity contribution in [1.29, 1.82) is 0 Å². The van der Waals surface area contributed by atoms with Crippen molar-refractivity contribution < 1.29 is 14.3 Å². The van der Waals surface area contributed by atoms with Crippen molar-refractivity contribution in [3.63, 3.8) is 0 Å². The topological polar surface area (TPSA) is 35.5 Å².